The maximum atomic E-state index is 13.4. The molecule has 0 saturated heterocycles. The van der Waals surface area contributed by atoms with Gasteiger partial charge in [-0.3, -0.25) is 4.79 Å². The van der Waals surface area contributed by atoms with Crippen molar-refractivity contribution >= 4 is 23.2 Å². The summed E-state index contributed by atoms with van der Waals surface area (Å²) in [5.41, 5.74) is 0.226. The minimum Gasteiger partial charge on any atom is -0.371 e. The Balaban J connectivity index is 2.70. The van der Waals surface area contributed by atoms with Crippen LogP contribution in [0.25, 0.3) is 0 Å². The molecule has 0 aliphatic heterocycles. The third kappa shape index (κ3) is 4.23. The number of carbonyl (C=O) groups excluding carboxylic acids is 1. The van der Waals surface area contributed by atoms with E-state index < -0.39 is 11.9 Å². The summed E-state index contributed by atoms with van der Waals surface area (Å²) in [6, 6.07) is 3.70. The second kappa shape index (κ2) is 5.87. The summed E-state index contributed by atoms with van der Waals surface area (Å²) in [5, 5.41) is 5.95. The highest BCUT2D eigenvalue weighted by Gasteiger charge is 2.15. The molecule has 0 aliphatic carbocycles. The van der Waals surface area contributed by atoms with Gasteiger partial charge in [0.05, 0.1) is 5.69 Å². The molecule has 1 amide bonds. The zero-order valence-electron chi connectivity index (χ0n) is 10.1. The van der Waals surface area contributed by atoms with Crippen molar-refractivity contribution in [3.63, 3.8) is 0 Å². The predicted molar refractivity (Wildman–Crippen MR) is 67.8 cm³/mol. The third-order valence-corrected chi connectivity index (χ3v) is 2.36. The number of nitrogens with one attached hydrogen (secondary N) is 2. The summed E-state index contributed by atoms with van der Waals surface area (Å²) in [6.45, 7) is 5.40. The molecule has 2 N–H and O–H groups in total. The van der Waals surface area contributed by atoms with Gasteiger partial charge in [0, 0.05) is 11.1 Å². The van der Waals surface area contributed by atoms with Gasteiger partial charge in [0.25, 0.3) is 0 Å². The van der Waals surface area contributed by atoms with Crippen molar-refractivity contribution in [2.24, 2.45) is 0 Å². The van der Waals surface area contributed by atoms with Crippen LogP contribution in [-0.2, 0) is 4.79 Å². The van der Waals surface area contributed by atoms with Gasteiger partial charge in [0.1, 0.15) is 11.9 Å². The number of rotatable bonds is 4. The van der Waals surface area contributed by atoms with Gasteiger partial charge in [-0.15, -0.1) is 0 Å². The molecule has 0 spiro atoms. The number of hydrogen-bond donors (Lipinski definition) is 2. The molecule has 0 heterocycles. The molecule has 1 unspecified atom stereocenters. The van der Waals surface area contributed by atoms with Crippen molar-refractivity contribution in [3.8, 4) is 0 Å². The minimum absolute atomic E-state index is 0.0518. The maximum absolute atomic E-state index is 13.4. The van der Waals surface area contributed by atoms with Gasteiger partial charge in [0.15, 0.2) is 0 Å². The fourth-order valence-corrected chi connectivity index (χ4v) is 1.49. The van der Waals surface area contributed by atoms with Crippen molar-refractivity contribution in [3.05, 3.63) is 29.0 Å². The van der Waals surface area contributed by atoms with Crippen LogP contribution in [0.3, 0.4) is 0 Å². The van der Waals surface area contributed by atoms with Crippen LogP contribution in [-0.4, -0.2) is 18.0 Å². The van der Waals surface area contributed by atoms with Crippen LogP contribution in [0, 0.1) is 5.82 Å². The molecule has 3 nitrogen and oxygen atoms in total. The number of hydrogen-bond acceptors (Lipinski definition) is 2. The first-order chi connectivity index (χ1) is 7.90. The third-order valence-electron chi connectivity index (χ3n) is 2.12. The second-order valence-electron chi connectivity index (χ2n) is 4.15. The lowest BCUT2D eigenvalue weighted by Gasteiger charge is -2.17. The summed E-state index contributed by atoms with van der Waals surface area (Å²) in [4.78, 5) is 11.6. The Bertz CT molecular complexity index is 409. The molecular weight excluding hydrogens is 243 g/mol. The van der Waals surface area contributed by atoms with Gasteiger partial charge >= 0.3 is 0 Å². The van der Waals surface area contributed by atoms with E-state index in [0.717, 1.165) is 0 Å². The molecule has 0 bridgehead atoms. The smallest absolute Gasteiger partial charge is 0.242 e. The van der Waals surface area contributed by atoms with Gasteiger partial charge in [0.2, 0.25) is 5.91 Å². The van der Waals surface area contributed by atoms with E-state index in [0.29, 0.717) is 5.02 Å². The zero-order chi connectivity index (χ0) is 13.0. The average Bonchev–Trinajstić information content (AvgIpc) is 2.22. The number of benzene rings is 1. The van der Waals surface area contributed by atoms with Crippen molar-refractivity contribution in [2.75, 3.05) is 5.32 Å². The first-order valence-electron chi connectivity index (χ1n) is 5.42. The van der Waals surface area contributed by atoms with Gasteiger partial charge in [-0.25, -0.2) is 4.39 Å². The average molecular weight is 259 g/mol. The van der Waals surface area contributed by atoms with Crippen LogP contribution in [0.1, 0.15) is 20.8 Å². The molecule has 0 radical (unpaired) electrons. The van der Waals surface area contributed by atoms with E-state index in [-0.39, 0.29) is 17.6 Å². The molecule has 94 valence electrons. The fourth-order valence-electron chi connectivity index (χ4n) is 1.32. The molecule has 0 fully saturated rings. The zero-order valence-corrected chi connectivity index (χ0v) is 10.8. The van der Waals surface area contributed by atoms with E-state index in [2.05, 4.69) is 10.6 Å². The Hall–Kier alpha value is -1.29. The fraction of sp³-hybridized carbons (Fsp3) is 0.417. The lowest BCUT2D eigenvalue weighted by Crippen LogP contribution is -2.41. The summed E-state index contributed by atoms with van der Waals surface area (Å²) in [7, 11) is 0. The summed E-state index contributed by atoms with van der Waals surface area (Å²) >= 11 is 5.76. The number of amides is 1. The van der Waals surface area contributed by atoms with Gasteiger partial charge in [-0.2, -0.15) is 0 Å². The van der Waals surface area contributed by atoms with Gasteiger partial charge in [-0.1, -0.05) is 11.6 Å². The van der Waals surface area contributed by atoms with E-state index in [4.69, 9.17) is 11.6 Å². The van der Waals surface area contributed by atoms with Crippen LogP contribution in [0.4, 0.5) is 10.1 Å². The molecule has 0 aromatic heterocycles. The maximum Gasteiger partial charge on any atom is 0.242 e. The molecule has 0 saturated carbocycles. The topological polar surface area (TPSA) is 41.1 Å². The van der Waals surface area contributed by atoms with E-state index >= 15 is 0 Å². The number of halogens is 2. The molecule has 5 heteroatoms. The Morgan fingerprint density at radius 3 is 2.59 bits per heavy atom. The summed E-state index contributed by atoms with van der Waals surface area (Å²) in [6.07, 6.45) is 0. The number of anilines is 1. The lowest BCUT2D eigenvalue weighted by atomic mass is 10.2. The van der Waals surface area contributed by atoms with Gasteiger partial charge < -0.3 is 10.6 Å². The SMILES string of the molecule is CC(C)NC(=O)C(C)Nc1cc(Cl)ccc1F. The molecular formula is C12H16ClFN2O. The molecule has 1 aromatic carbocycles. The Kier molecular flexibility index (Phi) is 4.75. The molecule has 17 heavy (non-hydrogen) atoms. The number of carbonyl (C=O) groups is 1. The first kappa shape index (κ1) is 13.8. The van der Waals surface area contributed by atoms with Crippen LogP contribution in [0.15, 0.2) is 18.2 Å². The highest BCUT2D eigenvalue weighted by molar-refractivity contribution is 6.30. The highest BCUT2D eigenvalue weighted by Crippen LogP contribution is 2.20. The second-order valence-corrected chi connectivity index (χ2v) is 4.59. The van der Waals surface area contributed by atoms with Crippen LogP contribution < -0.4 is 10.6 Å². The van der Waals surface area contributed by atoms with Crippen molar-refractivity contribution in [2.45, 2.75) is 32.9 Å². The van der Waals surface area contributed by atoms with E-state index in [1.807, 2.05) is 13.8 Å². The monoisotopic (exact) mass is 258 g/mol. The molecule has 1 atom stereocenters. The summed E-state index contributed by atoms with van der Waals surface area (Å²) in [5.74, 6) is -0.613. The highest BCUT2D eigenvalue weighted by atomic mass is 35.5. The molecule has 1 aromatic rings. The van der Waals surface area contributed by atoms with Crippen molar-refractivity contribution in [1.29, 1.82) is 0 Å². The Morgan fingerprint density at radius 2 is 2.00 bits per heavy atom. The molecule has 1 rings (SSSR count). The standard InChI is InChI=1S/C12H16ClFN2O/c1-7(2)15-12(17)8(3)16-11-6-9(13)4-5-10(11)14/h4-8,16H,1-3H3,(H,15,17). The van der Waals surface area contributed by atoms with Gasteiger partial charge in [-0.05, 0) is 39.0 Å². The van der Waals surface area contributed by atoms with Crippen molar-refractivity contribution in [1.82, 2.24) is 5.32 Å². The quantitative estimate of drug-likeness (QED) is 0.872. The van der Waals surface area contributed by atoms with Crippen molar-refractivity contribution < 1.29 is 9.18 Å². The lowest BCUT2D eigenvalue weighted by molar-refractivity contribution is -0.122. The van der Waals surface area contributed by atoms with Crippen LogP contribution in [0.2, 0.25) is 5.02 Å². The normalized spacial score (nSPS) is 12.4. The first-order valence-corrected chi connectivity index (χ1v) is 5.80. The largest absolute Gasteiger partial charge is 0.371 e. The minimum atomic E-state index is -0.523. The van der Waals surface area contributed by atoms with E-state index in [9.17, 15) is 9.18 Å². The predicted octanol–water partition coefficient (Wildman–Crippen LogP) is 2.80. The van der Waals surface area contributed by atoms with E-state index in [1.54, 1.807) is 6.92 Å². The summed E-state index contributed by atoms with van der Waals surface area (Å²) < 4.78 is 13.4. The molecule has 0 aliphatic rings. The Morgan fingerprint density at radius 1 is 1.35 bits per heavy atom. The Labute approximate surface area is 105 Å². The van der Waals surface area contributed by atoms with E-state index in [1.165, 1.54) is 18.2 Å². The van der Waals surface area contributed by atoms with Crippen LogP contribution >= 0.6 is 11.6 Å². The van der Waals surface area contributed by atoms with Crippen LogP contribution in [0.5, 0.6) is 0 Å².